The predicted molar refractivity (Wildman–Crippen MR) is 81.6 cm³/mol. The molecule has 2 aromatic rings. The molecule has 0 aliphatic heterocycles. The molecule has 0 atom stereocenters. The molecule has 0 unspecified atom stereocenters. The van der Waals surface area contributed by atoms with Crippen LogP contribution in [0.25, 0.3) is 4.98 Å². The number of aryl methyl sites for hydroxylation is 1. The summed E-state index contributed by atoms with van der Waals surface area (Å²) in [5.74, 6) is 0. The third kappa shape index (κ3) is 6.44. The molecule has 6 heteroatoms. The average molecular weight is 376 g/mol. The van der Waals surface area contributed by atoms with Gasteiger partial charge >= 0.3 is 25.2 Å². The summed E-state index contributed by atoms with van der Waals surface area (Å²) in [5, 5.41) is 12.0. The summed E-state index contributed by atoms with van der Waals surface area (Å²) in [7, 11) is 0. The summed E-state index contributed by atoms with van der Waals surface area (Å²) in [4.78, 5) is 3.13. The van der Waals surface area contributed by atoms with Crippen LogP contribution in [-0.4, -0.2) is 0 Å². The minimum Gasteiger partial charge on any atom is -1.00 e. The molecule has 0 saturated carbocycles. The van der Waals surface area contributed by atoms with Gasteiger partial charge in [0.1, 0.15) is 0 Å². The van der Waals surface area contributed by atoms with Gasteiger partial charge in [-0.05, 0) is 29.7 Å². The van der Waals surface area contributed by atoms with Crippen LogP contribution >= 0.6 is 12.4 Å². The Kier molecular flexibility index (Phi) is 12.1. The normalized spacial score (nSPS) is 8.38. The maximum Gasteiger partial charge on any atom is 2.00 e. The third-order valence-electron chi connectivity index (χ3n) is 2.97. The summed E-state index contributed by atoms with van der Waals surface area (Å²) >= 11 is 0. The molecule has 106 valence electrons. The predicted octanol–water partition coefficient (Wildman–Crippen LogP) is 1.77. The van der Waals surface area contributed by atoms with Crippen molar-refractivity contribution in [2.75, 3.05) is 5.32 Å². The fourth-order valence-electron chi connectivity index (χ4n) is 1.92. The first-order valence-electron chi connectivity index (χ1n) is 6.09. The summed E-state index contributed by atoms with van der Waals surface area (Å²) in [5.41, 5.74) is 4.27. The minimum absolute atomic E-state index is 0. The van der Waals surface area contributed by atoms with Gasteiger partial charge in [0.25, 0.3) is 0 Å². The molecule has 3 nitrogen and oxygen atoms in total. The number of hydrogen-bond donors (Lipinski definition) is 1. The SMILES string of the molecule is CCc1ccccc1CNc1ccc([N+]#N)cc1.Cl.[Cl-].[Zn+2]. The molecule has 1 N–H and O–H groups in total. The van der Waals surface area contributed by atoms with E-state index in [2.05, 4.69) is 41.5 Å². The van der Waals surface area contributed by atoms with Crippen molar-refractivity contribution in [3.05, 3.63) is 64.6 Å². The second-order valence-electron chi connectivity index (χ2n) is 4.12. The quantitative estimate of drug-likeness (QED) is 0.653. The van der Waals surface area contributed by atoms with Crippen molar-refractivity contribution in [1.82, 2.24) is 0 Å². The van der Waals surface area contributed by atoms with E-state index in [9.17, 15) is 0 Å². The van der Waals surface area contributed by atoms with Gasteiger partial charge in [-0.2, -0.15) is 0 Å². The van der Waals surface area contributed by atoms with Crippen molar-refractivity contribution in [2.24, 2.45) is 0 Å². The molecule has 2 aromatic carbocycles. The van der Waals surface area contributed by atoms with E-state index in [-0.39, 0.29) is 44.3 Å². The monoisotopic (exact) mass is 373 g/mol. The van der Waals surface area contributed by atoms with E-state index < -0.39 is 0 Å². The van der Waals surface area contributed by atoms with Gasteiger partial charge in [-0.15, -0.1) is 12.4 Å². The van der Waals surface area contributed by atoms with Gasteiger partial charge in [0, 0.05) is 24.4 Å². The number of halogens is 2. The molecule has 21 heavy (non-hydrogen) atoms. The standard InChI is InChI=1S/C15H16N3.2ClH.Zn/c1-2-12-5-3-4-6-13(12)11-17-14-7-9-15(18-16)10-8-14;;;/h3-10,17H,2,11H2,1H3;2*1H;/q+1;;;+2/p-1. The van der Waals surface area contributed by atoms with Crippen molar-refractivity contribution in [1.29, 1.82) is 5.39 Å². The number of diazo groups is 1. The second kappa shape index (κ2) is 11.5. The van der Waals surface area contributed by atoms with Gasteiger partial charge in [-0.3, -0.25) is 0 Å². The maximum atomic E-state index is 8.61. The minimum atomic E-state index is 0. The van der Waals surface area contributed by atoms with Gasteiger partial charge in [0.2, 0.25) is 5.39 Å². The van der Waals surface area contributed by atoms with E-state index in [4.69, 9.17) is 5.39 Å². The van der Waals surface area contributed by atoms with Crippen molar-refractivity contribution in [2.45, 2.75) is 19.9 Å². The van der Waals surface area contributed by atoms with E-state index >= 15 is 0 Å². The first-order valence-corrected chi connectivity index (χ1v) is 6.09. The van der Waals surface area contributed by atoms with Crippen LogP contribution in [0, 0.1) is 5.39 Å². The Labute approximate surface area is 150 Å². The van der Waals surface area contributed by atoms with Crippen LogP contribution in [0.4, 0.5) is 11.4 Å². The van der Waals surface area contributed by atoms with Crippen LogP contribution < -0.4 is 17.7 Å². The Morgan fingerprint density at radius 2 is 1.57 bits per heavy atom. The smallest absolute Gasteiger partial charge is 1.00 e. The van der Waals surface area contributed by atoms with E-state index in [1.165, 1.54) is 11.1 Å². The first kappa shape index (κ1) is 22.1. The molecule has 0 aromatic heterocycles. The zero-order valence-corrected chi connectivity index (χ0v) is 16.5. The summed E-state index contributed by atoms with van der Waals surface area (Å²) < 4.78 is 0. The van der Waals surface area contributed by atoms with Gasteiger partial charge in [0.15, 0.2) is 4.98 Å². The molecule has 0 saturated heterocycles. The molecule has 0 spiro atoms. The molecule has 0 bridgehead atoms. The zero-order valence-electron chi connectivity index (χ0n) is 11.9. The molecule has 0 amide bonds. The third-order valence-corrected chi connectivity index (χ3v) is 2.97. The van der Waals surface area contributed by atoms with Crippen LogP contribution in [0.15, 0.2) is 48.5 Å². The molecule has 0 fully saturated rings. The number of nitrogens with zero attached hydrogens (tertiary/aromatic N) is 2. The maximum absolute atomic E-state index is 8.61. The van der Waals surface area contributed by atoms with Crippen LogP contribution in [0.5, 0.6) is 0 Å². The van der Waals surface area contributed by atoms with Crippen LogP contribution in [-0.2, 0) is 32.4 Å². The zero-order chi connectivity index (χ0) is 12.8. The largest absolute Gasteiger partial charge is 2.00 e. The molecule has 0 aliphatic carbocycles. The van der Waals surface area contributed by atoms with Gasteiger partial charge in [-0.1, -0.05) is 31.2 Å². The molecule has 0 radical (unpaired) electrons. The van der Waals surface area contributed by atoms with Gasteiger partial charge in [-0.25, -0.2) is 0 Å². The van der Waals surface area contributed by atoms with Gasteiger partial charge in [0.05, 0.1) is 0 Å². The van der Waals surface area contributed by atoms with Crippen molar-refractivity contribution < 1.29 is 31.9 Å². The van der Waals surface area contributed by atoms with Crippen LogP contribution in [0.1, 0.15) is 18.1 Å². The number of nitrogens with one attached hydrogen (secondary N) is 1. The van der Waals surface area contributed by atoms with E-state index in [0.29, 0.717) is 5.69 Å². The second-order valence-corrected chi connectivity index (χ2v) is 4.12. The van der Waals surface area contributed by atoms with Crippen molar-refractivity contribution >= 4 is 23.8 Å². The van der Waals surface area contributed by atoms with Crippen molar-refractivity contribution in [3.63, 3.8) is 0 Å². The van der Waals surface area contributed by atoms with Crippen molar-refractivity contribution in [3.8, 4) is 0 Å². The Balaban J connectivity index is 0. The fraction of sp³-hybridized carbons (Fsp3) is 0.200. The number of hydrogen-bond acceptors (Lipinski definition) is 2. The Hall–Kier alpha value is -1.14. The Morgan fingerprint density at radius 1 is 1.00 bits per heavy atom. The van der Waals surface area contributed by atoms with E-state index in [0.717, 1.165) is 18.7 Å². The molecular weight excluding hydrogens is 358 g/mol. The first-order chi connectivity index (χ1) is 8.83. The summed E-state index contributed by atoms with van der Waals surface area (Å²) in [6.07, 6.45) is 1.04. The molecule has 0 heterocycles. The van der Waals surface area contributed by atoms with Crippen LogP contribution in [0.3, 0.4) is 0 Å². The number of benzene rings is 2. The molecular formula is C15H17Cl2N3Zn+2. The summed E-state index contributed by atoms with van der Waals surface area (Å²) in [6.45, 7) is 2.97. The fourth-order valence-corrected chi connectivity index (χ4v) is 1.92. The van der Waals surface area contributed by atoms with Gasteiger partial charge < -0.3 is 17.7 Å². The Morgan fingerprint density at radius 3 is 2.10 bits per heavy atom. The number of anilines is 1. The molecule has 0 aliphatic rings. The Bertz CT molecular complexity index is 568. The van der Waals surface area contributed by atoms with E-state index in [1.54, 1.807) is 12.1 Å². The summed E-state index contributed by atoms with van der Waals surface area (Å²) in [6, 6.07) is 15.8. The number of rotatable bonds is 4. The topological polar surface area (TPSA) is 40.2 Å². The molecule has 2 rings (SSSR count). The van der Waals surface area contributed by atoms with E-state index in [1.807, 2.05) is 12.1 Å². The van der Waals surface area contributed by atoms with Crippen LogP contribution in [0.2, 0.25) is 0 Å². The average Bonchev–Trinajstić information content (AvgIpc) is 2.46.